The Morgan fingerprint density at radius 2 is 1.09 bits per heavy atom. The smallest absolute Gasteiger partial charge is 0.485 e. The van der Waals surface area contributed by atoms with Crippen LogP contribution in [-0.4, -0.2) is 109 Å². The highest BCUT2D eigenvalue weighted by atomic mass is 32.9. The molecule has 0 fully saturated rings. The van der Waals surface area contributed by atoms with E-state index in [9.17, 15) is 13.2 Å². The van der Waals surface area contributed by atoms with Crippen LogP contribution in [0.3, 0.4) is 0 Å². The van der Waals surface area contributed by atoms with E-state index in [0.29, 0.717) is 0 Å². The molecule has 54 heavy (non-hydrogen) atoms. The zero-order valence-corrected chi connectivity index (χ0v) is 41.3. The summed E-state index contributed by atoms with van der Waals surface area (Å²) in [5.41, 5.74) is -5.65. The number of halogens is 3. The molecule has 1 aliphatic rings. The number of methoxy groups -OCH3 is 1. The highest BCUT2D eigenvalue weighted by Crippen LogP contribution is 2.85. The van der Waals surface area contributed by atoms with Gasteiger partial charge in [0, 0.05) is 53.6 Å². The van der Waals surface area contributed by atoms with E-state index in [0.717, 1.165) is 15.8 Å². The molecule has 0 spiro atoms. The molecule has 0 N–H and O–H groups in total. The average molecular weight is 901 g/mol. The molecule has 1 aromatic carbocycles. The summed E-state index contributed by atoms with van der Waals surface area (Å²) in [6.07, 6.45) is -2.60. The maximum absolute atomic E-state index is 10.7. The summed E-state index contributed by atoms with van der Waals surface area (Å²) >= 11 is 16.1. The van der Waals surface area contributed by atoms with Crippen molar-refractivity contribution < 1.29 is 30.9 Å². The normalized spacial score (nSPS) is 18.0. The van der Waals surface area contributed by atoms with Crippen molar-refractivity contribution in [1.82, 2.24) is 23.2 Å². The number of alkyl halides is 3. The Balaban J connectivity index is 0.00000163. The first-order valence-electron chi connectivity index (χ1n) is 18.3. The van der Waals surface area contributed by atoms with Crippen LogP contribution in [0.2, 0.25) is 0 Å². The van der Waals surface area contributed by atoms with E-state index in [4.69, 9.17) is 46.4 Å². The number of nitrogens with zero attached hydrogens (tertiary/aromatic N) is 6. The maximum atomic E-state index is 10.7. The third kappa shape index (κ3) is 11.2. The first kappa shape index (κ1) is 52.1. The van der Waals surface area contributed by atoms with Crippen molar-refractivity contribution in [2.24, 2.45) is 5.10 Å². The van der Waals surface area contributed by atoms with Gasteiger partial charge in [0.25, 0.3) is 7.71 Å². The van der Waals surface area contributed by atoms with E-state index in [1.165, 1.54) is 0 Å². The van der Waals surface area contributed by atoms with Crippen LogP contribution in [0.4, 0.5) is 13.2 Å². The van der Waals surface area contributed by atoms with Crippen LogP contribution in [0, 0.1) is 0 Å². The molecule has 1 aliphatic heterocycles. The van der Waals surface area contributed by atoms with Crippen LogP contribution in [0.5, 0.6) is 5.75 Å². The van der Waals surface area contributed by atoms with E-state index in [-0.39, 0.29) is 48.3 Å². The Hall–Kier alpha value is 0.110. The summed E-state index contributed by atoms with van der Waals surface area (Å²) < 4.78 is 77.6. The second kappa shape index (κ2) is 19.9. The summed E-state index contributed by atoms with van der Waals surface area (Å²) in [6.45, 7) is 39.3. The van der Waals surface area contributed by atoms with Gasteiger partial charge in [0.1, 0.15) is 18.8 Å². The minimum atomic E-state index is -6.09. The number of rotatable bonds is 16. The fourth-order valence-corrected chi connectivity index (χ4v) is 32.2. The number of benzene rings is 1. The van der Waals surface area contributed by atoms with Crippen LogP contribution < -0.4 is 10.0 Å². The van der Waals surface area contributed by atoms with Crippen LogP contribution in [0.15, 0.2) is 29.4 Å². The van der Waals surface area contributed by atoms with E-state index in [1.54, 1.807) is 7.11 Å². The molecule has 20 heteroatoms. The molecule has 1 atom stereocenters. The molecule has 0 bridgehead atoms. The number of hydrogen-bond acceptors (Lipinski definition) is 10. The van der Waals surface area contributed by atoms with Crippen LogP contribution >= 0.6 is 30.8 Å². The predicted octanol–water partition coefficient (Wildman–Crippen LogP) is 10.2. The van der Waals surface area contributed by atoms with Gasteiger partial charge in [-0.3, -0.25) is 9.34 Å². The molecule has 0 aliphatic carbocycles. The third-order valence-electron chi connectivity index (χ3n) is 8.62. The van der Waals surface area contributed by atoms with Crippen molar-refractivity contribution in [2.45, 2.75) is 165 Å². The fourth-order valence-electron chi connectivity index (χ4n) is 7.65. The lowest BCUT2D eigenvalue weighted by Crippen LogP contribution is -2.51. The van der Waals surface area contributed by atoms with Crippen molar-refractivity contribution in [1.29, 1.82) is 0 Å². The number of hydrazone groups is 1. The molecule has 0 radical (unpaired) electrons. The lowest BCUT2D eigenvalue weighted by Gasteiger charge is -2.50. The largest absolute Gasteiger partial charge is 0.741 e. The Bertz CT molecular complexity index is 1540. The van der Waals surface area contributed by atoms with Crippen molar-refractivity contribution in [2.75, 3.05) is 13.8 Å². The van der Waals surface area contributed by atoms with Gasteiger partial charge in [-0.1, -0.05) is 28.2 Å². The topological polar surface area (TPSA) is 95.0 Å². The van der Waals surface area contributed by atoms with Crippen molar-refractivity contribution >= 4 is 74.6 Å². The van der Waals surface area contributed by atoms with Crippen LogP contribution in [-0.2, 0) is 33.7 Å². The molecule has 1 aromatic rings. The van der Waals surface area contributed by atoms with Gasteiger partial charge in [-0.05, 0) is 146 Å². The first-order valence-corrected chi connectivity index (χ1v) is 28.7. The highest BCUT2D eigenvalue weighted by molar-refractivity contribution is 8.81. The molecule has 1 heterocycles. The molecular weight excluding hydrogens is 835 g/mol. The molecule has 0 saturated carbocycles. The SMILES string of the molecule is COc1ccc(P2(=S)SC(P(=S)(N(C(C)C)C(C)C)N(C(C)C)C(C)C)=NN2[P+](C)(N(C(C)C)C(C)C)N(C(C)C)C(C)C)cc1.O=S(=O)([O-])C(F)(F)F. The second-order valence-electron chi connectivity index (χ2n) is 15.5. The third-order valence-corrected chi connectivity index (χ3v) is 29.4. The molecular formula is C34H66F3N6O4P3S4. The predicted molar refractivity (Wildman–Crippen MR) is 235 cm³/mol. The lowest BCUT2D eigenvalue weighted by atomic mass is 10.3. The monoisotopic (exact) mass is 900 g/mol. The van der Waals surface area contributed by atoms with Crippen LogP contribution in [0.25, 0.3) is 0 Å². The summed E-state index contributed by atoms with van der Waals surface area (Å²) in [5.74, 6) is 0.832. The molecule has 10 nitrogen and oxygen atoms in total. The van der Waals surface area contributed by atoms with Gasteiger partial charge in [0.05, 0.1) is 7.11 Å². The lowest BCUT2D eigenvalue weighted by molar-refractivity contribution is -0.0517. The van der Waals surface area contributed by atoms with E-state index >= 15 is 0 Å². The van der Waals surface area contributed by atoms with E-state index in [1.807, 2.05) is 11.4 Å². The minimum absolute atomic E-state index is 0.244. The molecule has 0 aromatic heterocycles. The Labute approximate surface area is 340 Å². The molecule has 1 unspecified atom stereocenters. The maximum Gasteiger partial charge on any atom is 0.485 e. The van der Waals surface area contributed by atoms with Gasteiger partial charge >= 0.3 is 5.51 Å². The summed E-state index contributed by atoms with van der Waals surface area (Å²) in [7, 11) is -6.76. The molecule has 2 rings (SSSR count). The van der Waals surface area contributed by atoms with Gasteiger partial charge < -0.3 is 9.29 Å². The number of ether oxygens (including phenoxy) is 1. The fraction of sp³-hybridized carbons (Fsp3) is 0.794. The summed E-state index contributed by atoms with van der Waals surface area (Å²) in [6, 6.07) is 10.6. The van der Waals surface area contributed by atoms with E-state index < -0.39 is 35.1 Å². The second-order valence-corrected chi connectivity index (χ2v) is 31.5. The van der Waals surface area contributed by atoms with Crippen molar-refractivity contribution in [3.8, 4) is 5.75 Å². The van der Waals surface area contributed by atoms with E-state index in [2.05, 4.69) is 165 Å². The molecule has 0 saturated heterocycles. The number of hydrogen-bond donors (Lipinski definition) is 0. The van der Waals surface area contributed by atoms with Gasteiger partial charge in [0.15, 0.2) is 20.3 Å². The zero-order valence-electron chi connectivity index (χ0n) is 35.4. The zero-order chi connectivity index (χ0) is 42.7. The quantitative estimate of drug-likeness (QED) is 0.0898. The van der Waals surface area contributed by atoms with Gasteiger partial charge in [-0.2, -0.15) is 13.2 Å². The van der Waals surface area contributed by atoms with Crippen molar-refractivity contribution in [3.05, 3.63) is 24.3 Å². The van der Waals surface area contributed by atoms with Crippen LogP contribution in [0.1, 0.15) is 111 Å². The van der Waals surface area contributed by atoms with Gasteiger partial charge in [0.2, 0.25) is 0 Å². The molecule has 316 valence electrons. The summed E-state index contributed by atoms with van der Waals surface area (Å²) in [5, 5.41) is 4.44. The Morgan fingerprint density at radius 1 is 0.778 bits per heavy atom. The Kier molecular flexibility index (Phi) is 19.2. The van der Waals surface area contributed by atoms with Gasteiger partial charge in [-0.25, -0.2) is 8.42 Å². The summed E-state index contributed by atoms with van der Waals surface area (Å²) in [4.78, 5) is 1.04. The van der Waals surface area contributed by atoms with Crippen molar-refractivity contribution in [3.63, 3.8) is 0 Å². The standard InChI is InChI=1S/C33H66N6OP3S3.CHF3O3S/c1-23(2)35(24(3)4)41(18,36(25(5)6)26(7)8)39-34-33(46-43(39,45)32-21-19-31(40-17)20-22-32)42(44,37(27(9)10)28(11)12)38(29(13)14)30(15)16;2-1(3,4)8(5,6)7/h19-30H,1-18H3;(H,5,6,7)/q+1;/p-1. The van der Waals surface area contributed by atoms with Gasteiger partial charge in [-0.15, -0.1) is 14.4 Å². The minimum Gasteiger partial charge on any atom is -0.741 e. The highest BCUT2D eigenvalue weighted by Gasteiger charge is 2.64. The molecule has 0 amide bonds. The Morgan fingerprint density at radius 3 is 1.33 bits per heavy atom. The average Bonchev–Trinajstić information content (AvgIpc) is 3.34. The first-order chi connectivity index (χ1) is 24.3.